The molecule has 1 saturated carbocycles. The molecule has 0 heteroatoms. The van der Waals surface area contributed by atoms with Gasteiger partial charge in [-0.15, -0.1) is 0 Å². The van der Waals surface area contributed by atoms with E-state index in [0.717, 1.165) is 23.7 Å². The lowest BCUT2D eigenvalue weighted by Crippen LogP contribution is -2.12. The van der Waals surface area contributed by atoms with Crippen LogP contribution in [-0.4, -0.2) is 0 Å². The second-order valence-electron chi connectivity index (χ2n) is 7.49. The summed E-state index contributed by atoms with van der Waals surface area (Å²) in [5.41, 5.74) is 0. The van der Waals surface area contributed by atoms with Crippen LogP contribution in [-0.2, 0) is 0 Å². The third-order valence-electron chi connectivity index (χ3n) is 4.92. The molecule has 0 aromatic carbocycles. The molecule has 0 aromatic heterocycles. The Morgan fingerprint density at radius 2 is 1.44 bits per heavy atom. The number of hydrogen-bond donors (Lipinski definition) is 0. The maximum Gasteiger partial charge on any atom is -0.0414 e. The summed E-state index contributed by atoms with van der Waals surface area (Å²) >= 11 is 0. The predicted octanol–water partition coefficient (Wildman–Crippen LogP) is 6.45. The van der Waals surface area contributed by atoms with E-state index in [9.17, 15) is 0 Å². The van der Waals surface area contributed by atoms with Gasteiger partial charge < -0.3 is 0 Å². The molecule has 18 heavy (non-hydrogen) atoms. The standard InChI is InChI=1S/C18H36/c1-15(2)7-5-8-16(3)9-6-10-18-13-11-17(4)12-14-18/h15-18H,5-14H2,1-4H3. The van der Waals surface area contributed by atoms with Gasteiger partial charge in [-0.1, -0.05) is 91.9 Å². The summed E-state index contributed by atoms with van der Waals surface area (Å²) in [6.45, 7) is 9.57. The summed E-state index contributed by atoms with van der Waals surface area (Å²) in [5.74, 6) is 3.94. The van der Waals surface area contributed by atoms with Crippen LogP contribution in [0.25, 0.3) is 0 Å². The van der Waals surface area contributed by atoms with Crippen molar-refractivity contribution in [1.82, 2.24) is 0 Å². The molecule has 1 aliphatic carbocycles. The zero-order valence-electron chi connectivity index (χ0n) is 13.4. The van der Waals surface area contributed by atoms with Gasteiger partial charge >= 0.3 is 0 Å². The third kappa shape index (κ3) is 7.44. The predicted molar refractivity (Wildman–Crippen MR) is 82.8 cm³/mol. The smallest absolute Gasteiger partial charge is 0.0414 e. The second-order valence-corrected chi connectivity index (χ2v) is 7.49. The fraction of sp³-hybridized carbons (Fsp3) is 1.00. The Kier molecular flexibility index (Phi) is 8.02. The van der Waals surface area contributed by atoms with Crippen molar-refractivity contribution in [3.63, 3.8) is 0 Å². The normalized spacial score (nSPS) is 26.5. The van der Waals surface area contributed by atoms with Crippen molar-refractivity contribution in [3.05, 3.63) is 0 Å². The third-order valence-corrected chi connectivity index (χ3v) is 4.92. The van der Waals surface area contributed by atoms with Gasteiger partial charge in [0.15, 0.2) is 0 Å². The Morgan fingerprint density at radius 3 is 2.06 bits per heavy atom. The van der Waals surface area contributed by atoms with Gasteiger partial charge in [-0.2, -0.15) is 0 Å². The Balaban J connectivity index is 1.96. The summed E-state index contributed by atoms with van der Waals surface area (Å²) in [6, 6.07) is 0. The number of hydrogen-bond acceptors (Lipinski definition) is 0. The van der Waals surface area contributed by atoms with Gasteiger partial charge in [-0.05, 0) is 23.7 Å². The highest BCUT2D eigenvalue weighted by atomic mass is 14.2. The average molecular weight is 252 g/mol. The first-order valence-corrected chi connectivity index (χ1v) is 8.58. The van der Waals surface area contributed by atoms with E-state index in [2.05, 4.69) is 27.7 Å². The molecule has 0 nitrogen and oxygen atoms in total. The molecule has 1 unspecified atom stereocenters. The minimum atomic E-state index is 0.890. The van der Waals surface area contributed by atoms with Crippen LogP contribution >= 0.6 is 0 Å². The largest absolute Gasteiger partial charge is 0.0628 e. The first-order valence-electron chi connectivity index (χ1n) is 8.58. The first-order chi connectivity index (χ1) is 8.58. The van der Waals surface area contributed by atoms with Crippen molar-refractivity contribution in [3.8, 4) is 0 Å². The fourth-order valence-electron chi connectivity index (χ4n) is 3.39. The van der Waals surface area contributed by atoms with E-state index in [1.807, 2.05) is 0 Å². The van der Waals surface area contributed by atoms with Gasteiger partial charge in [-0.3, -0.25) is 0 Å². The summed E-state index contributed by atoms with van der Waals surface area (Å²) in [7, 11) is 0. The van der Waals surface area contributed by atoms with Crippen molar-refractivity contribution < 1.29 is 0 Å². The molecule has 108 valence electrons. The maximum absolute atomic E-state index is 2.46. The molecule has 0 spiro atoms. The molecular weight excluding hydrogens is 216 g/mol. The summed E-state index contributed by atoms with van der Waals surface area (Å²) in [4.78, 5) is 0. The SMILES string of the molecule is CC(C)CCCC(C)CCCC1CCC(C)CC1. The molecule has 1 aliphatic rings. The van der Waals surface area contributed by atoms with Crippen LogP contribution in [0.5, 0.6) is 0 Å². The molecular formula is C18H36. The molecule has 1 rings (SSSR count). The van der Waals surface area contributed by atoms with E-state index in [-0.39, 0.29) is 0 Å². The molecule has 0 N–H and O–H groups in total. The highest BCUT2D eigenvalue weighted by molar-refractivity contribution is 4.70. The van der Waals surface area contributed by atoms with Gasteiger partial charge in [-0.25, -0.2) is 0 Å². The minimum absolute atomic E-state index is 0.890. The molecule has 0 saturated heterocycles. The van der Waals surface area contributed by atoms with Gasteiger partial charge in [0.1, 0.15) is 0 Å². The van der Waals surface area contributed by atoms with Crippen molar-refractivity contribution in [2.75, 3.05) is 0 Å². The molecule has 0 aliphatic heterocycles. The van der Waals surface area contributed by atoms with E-state index >= 15 is 0 Å². The molecule has 0 bridgehead atoms. The van der Waals surface area contributed by atoms with Crippen molar-refractivity contribution in [1.29, 1.82) is 0 Å². The maximum atomic E-state index is 2.46. The summed E-state index contributed by atoms with van der Waals surface area (Å²) in [5, 5.41) is 0. The van der Waals surface area contributed by atoms with Crippen LogP contribution < -0.4 is 0 Å². The lowest BCUT2D eigenvalue weighted by atomic mass is 9.80. The monoisotopic (exact) mass is 252 g/mol. The highest BCUT2D eigenvalue weighted by Gasteiger charge is 2.17. The highest BCUT2D eigenvalue weighted by Crippen LogP contribution is 2.32. The van der Waals surface area contributed by atoms with Crippen LogP contribution in [0.3, 0.4) is 0 Å². The molecule has 0 heterocycles. The van der Waals surface area contributed by atoms with Crippen LogP contribution in [0.1, 0.15) is 91.9 Å². The van der Waals surface area contributed by atoms with Gasteiger partial charge in [0.2, 0.25) is 0 Å². The Morgan fingerprint density at radius 1 is 0.833 bits per heavy atom. The Labute approximate surface area is 116 Å². The Hall–Kier alpha value is 0. The van der Waals surface area contributed by atoms with Crippen LogP contribution in [0.15, 0.2) is 0 Å². The lowest BCUT2D eigenvalue weighted by molar-refractivity contribution is 0.266. The van der Waals surface area contributed by atoms with Gasteiger partial charge in [0.05, 0.1) is 0 Å². The quantitative estimate of drug-likeness (QED) is 0.466. The van der Waals surface area contributed by atoms with E-state index in [1.165, 1.54) is 64.2 Å². The Bertz CT molecular complexity index is 186. The van der Waals surface area contributed by atoms with Crippen LogP contribution in [0.2, 0.25) is 0 Å². The molecule has 0 radical (unpaired) electrons. The molecule has 1 atom stereocenters. The molecule has 1 fully saturated rings. The van der Waals surface area contributed by atoms with Crippen molar-refractivity contribution in [2.24, 2.45) is 23.7 Å². The molecule has 0 amide bonds. The van der Waals surface area contributed by atoms with Gasteiger partial charge in [0.25, 0.3) is 0 Å². The first kappa shape index (κ1) is 16.1. The van der Waals surface area contributed by atoms with Crippen LogP contribution in [0.4, 0.5) is 0 Å². The fourth-order valence-corrected chi connectivity index (χ4v) is 3.39. The van der Waals surface area contributed by atoms with Crippen molar-refractivity contribution >= 4 is 0 Å². The molecule has 0 aromatic rings. The van der Waals surface area contributed by atoms with Crippen molar-refractivity contribution in [2.45, 2.75) is 91.9 Å². The number of rotatable bonds is 8. The van der Waals surface area contributed by atoms with E-state index in [1.54, 1.807) is 0 Å². The lowest BCUT2D eigenvalue weighted by Gasteiger charge is -2.26. The summed E-state index contributed by atoms with van der Waals surface area (Å²) < 4.78 is 0. The zero-order chi connectivity index (χ0) is 13.4. The summed E-state index contributed by atoms with van der Waals surface area (Å²) in [6.07, 6.45) is 14.8. The van der Waals surface area contributed by atoms with E-state index in [4.69, 9.17) is 0 Å². The van der Waals surface area contributed by atoms with E-state index in [0.29, 0.717) is 0 Å². The van der Waals surface area contributed by atoms with Crippen LogP contribution in [0, 0.1) is 23.7 Å². The minimum Gasteiger partial charge on any atom is -0.0628 e. The van der Waals surface area contributed by atoms with E-state index < -0.39 is 0 Å². The second kappa shape index (κ2) is 8.99. The zero-order valence-corrected chi connectivity index (χ0v) is 13.4. The van der Waals surface area contributed by atoms with Gasteiger partial charge in [0, 0.05) is 0 Å². The average Bonchev–Trinajstić information content (AvgIpc) is 2.31. The topological polar surface area (TPSA) is 0 Å².